The maximum absolute atomic E-state index is 5.89. The molecule has 0 amide bonds. The van der Waals surface area contributed by atoms with E-state index in [2.05, 4.69) is 18.8 Å². The van der Waals surface area contributed by atoms with E-state index >= 15 is 0 Å². The molecular weight excluding hydrogens is 266 g/mol. The van der Waals surface area contributed by atoms with Gasteiger partial charge in [0.2, 0.25) is 5.89 Å². The summed E-state index contributed by atoms with van der Waals surface area (Å²) in [5.41, 5.74) is 4.78. The average molecular weight is 283 g/mol. The summed E-state index contributed by atoms with van der Waals surface area (Å²) >= 11 is 0. The summed E-state index contributed by atoms with van der Waals surface area (Å²) in [5.74, 6) is 1.97. The van der Waals surface area contributed by atoms with Gasteiger partial charge in [-0.05, 0) is 55.3 Å². The molecule has 4 heteroatoms. The van der Waals surface area contributed by atoms with Crippen LogP contribution in [0.3, 0.4) is 0 Å². The van der Waals surface area contributed by atoms with E-state index in [9.17, 15) is 0 Å². The molecule has 0 fully saturated rings. The summed E-state index contributed by atoms with van der Waals surface area (Å²) in [5, 5.41) is 0. The first-order valence-corrected chi connectivity index (χ1v) is 6.72. The molecule has 1 heterocycles. The van der Waals surface area contributed by atoms with Crippen molar-refractivity contribution in [3.63, 3.8) is 0 Å². The number of hydrogen-bond acceptors (Lipinski definition) is 4. The van der Waals surface area contributed by atoms with Gasteiger partial charge >= 0.3 is 0 Å². The van der Waals surface area contributed by atoms with Crippen molar-refractivity contribution in [1.82, 2.24) is 4.98 Å². The smallest absolute Gasteiger partial charge is 0.231 e. The molecule has 3 rings (SSSR count). The van der Waals surface area contributed by atoms with E-state index in [1.165, 1.54) is 11.1 Å². The third kappa shape index (κ3) is 2.33. The Morgan fingerprint density at radius 1 is 0.952 bits per heavy atom. The lowest BCUT2D eigenvalue weighted by Crippen LogP contribution is -1.90. The van der Waals surface area contributed by atoms with Crippen molar-refractivity contribution in [2.75, 3.05) is 14.2 Å². The fraction of sp³-hybridized carbons (Fsp3) is 0.235. The molecule has 0 spiro atoms. The Morgan fingerprint density at radius 2 is 1.71 bits per heavy atom. The Hall–Kier alpha value is -2.49. The van der Waals surface area contributed by atoms with E-state index in [4.69, 9.17) is 13.9 Å². The molecule has 0 aliphatic heterocycles. The van der Waals surface area contributed by atoms with Crippen LogP contribution in [0.1, 0.15) is 11.1 Å². The number of aromatic nitrogens is 1. The van der Waals surface area contributed by atoms with Gasteiger partial charge in [0.1, 0.15) is 17.0 Å². The van der Waals surface area contributed by atoms with Gasteiger partial charge in [0.25, 0.3) is 0 Å². The molecule has 2 aromatic carbocycles. The highest BCUT2D eigenvalue weighted by molar-refractivity contribution is 5.79. The third-order valence-corrected chi connectivity index (χ3v) is 3.64. The molecule has 0 radical (unpaired) electrons. The molecule has 0 saturated heterocycles. The first kappa shape index (κ1) is 13.5. The quantitative estimate of drug-likeness (QED) is 0.725. The van der Waals surface area contributed by atoms with Gasteiger partial charge in [-0.2, -0.15) is 0 Å². The third-order valence-electron chi connectivity index (χ3n) is 3.64. The number of oxazole rings is 1. The van der Waals surface area contributed by atoms with Crippen LogP contribution in [0.15, 0.2) is 34.7 Å². The van der Waals surface area contributed by atoms with E-state index in [0.29, 0.717) is 11.6 Å². The fourth-order valence-electron chi connectivity index (χ4n) is 2.28. The van der Waals surface area contributed by atoms with Crippen LogP contribution in [-0.4, -0.2) is 19.2 Å². The first-order valence-electron chi connectivity index (χ1n) is 6.72. The molecule has 0 saturated carbocycles. The Balaban J connectivity index is 2.20. The predicted molar refractivity (Wildman–Crippen MR) is 82.0 cm³/mol. The molecule has 0 aliphatic rings. The van der Waals surface area contributed by atoms with Gasteiger partial charge in [-0.25, -0.2) is 4.98 Å². The van der Waals surface area contributed by atoms with Crippen LogP contribution in [-0.2, 0) is 0 Å². The molecule has 0 N–H and O–H groups in total. The van der Waals surface area contributed by atoms with Crippen LogP contribution in [0, 0.1) is 13.8 Å². The largest absolute Gasteiger partial charge is 0.497 e. The van der Waals surface area contributed by atoms with Gasteiger partial charge < -0.3 is 13.9 Å². The predicted octanol–water partition coefficient (Wildman–Crippen LogP) is 4.13. The number of hydrogen-bond donors (Lipinski definition) is 0. The molecule has 0 atom stereocenters. The van der Waals surface area contributed by atoms with Gasteiger partial charge in [0.15, 0.2) is 5.58 Å². The standard InChI is InChI=1S/C17H17NO3/c1-10-7-14-16(8-11(10)2)21-17(18-14)13-9-12(19-3)5-6-15(13)20-4/h5-9H,1-4H3. The lowest BCUT2D eigenvalue weighted by atomic mass is 10.1. The van der Waals surface area contributed by atoms with Gasteiger partial charge in [0.05, 0.1) is 19.8 Å². The molecule has 108 valence electrons. The van der Waals surface area contributed by atoms with Crippen molar-refractivity contribution in [2.45, 2.75) is 13.8 Å². The minimum Gasteiger partial charge on any atom is -0.497 e. The summed E-state index contributed by atoms with van der Waals surface area (Å²) in [7, 11) is 3.26. The Kier molecular flexibility index (Phi) is 3.29. The number of nitrogens with zero attached hydrogens (tertiary/aromatic N) is 1. The second kappa shape index (κ2) is 5.13. The van der Waals surface area contributed by atoms with Gasteiger partial charge in [0, 0.05) is 0 Å². The molecule has 0 unspecified atom stereocenters. The van der Waals surface area contributed by atoms with Gasteiger partial charge in [-0.1, -0.05) is 0 Å². The van der Waals surface area contributed by atoms with Crippen molar-refractivity contribution in [3.05, 3.63) is 41.5 Å². The summed E-state index contributed by atoms with van der Waals surface area (Å²) in [4.78, 5) is 4.57. The molecule has 0 aliphatic carbocycles. The van der Waals surface area contributed by atoms with Gasteiger partial charge in [-0.3, -0.25) is 0 Å². The number of ether oxygens (including phenoxy) is 2. The van der Waals surface area contributed by atoms with Crippen LogP contribution < -0.4 is 9.47 Å². The second-order valence-corrected chi connectivity index (χ2v) is 4.99. The number of aryl methyl sites for hydroxylation is 2. The number of methoxy groups -OCH3 is 2. The van der Waals surface area contributed by atoms with E-state index in [1.807, 2.05) is 30.3 Å². The fourth-order valence-corrected chi connectivity index (χ4v) is 2.28. The lowest BCUT2D eigenvalue weighted by molar-refractivity contribution is 0.403. The SMILES string of the molecule is COc1ccc(OC)c(-c2nc3cc(C)c(C)cc3o2)c1. The highest BCUT2D eigenvalue weighted by atomic mass is 16.5. The molecule has 3 aromatic rings. The van der Waals surface area contributed by atoms with Crippen LogP contribution >= 0.6 is 0 Å². The molecular formula is C17H17NO3. The van der Waals surface area contributed by atoms with Crippen LogP contribution in [0.4, 0.5) is 0 Å². The van der Waals surface area contributed by atoms with Crippen molar-refractivity contribution in [2.24, 2.45) is 0 Å². The number of rotatable bonds is 3. The monoisotopic (exact) mass is 283 g/mol. The maximum atomic E-state index is 5.89. The van der Waals surface area contributed by atoms with Crippen LogP contribution in [0.25, 0.3) is 22.6 Å². The van der Waals surface area contributed by atoms with E-state index in [0.717, 1.165) is 22.4 Å². The zero-order valence-corrected chi connectivity index (χ0v) is 12.6. The Morgan fingerprint density at radius 3 is 2.43 bits per heavy atom. The molecule has 4 nitrogen and oxygen atoms in total. The molecule has 21 heavy (non-hydrogen) atoms. The summed E-state index contributed by atoms with van der Waals surface area (Å²) in [6.07, 6.45) is 0. The zero-order chi connectivity index (χ0) is 15.0. The number of fused-ring (bicyclic) bond motifs is 1. The van der Waals surface area contributed by atoms with E-state index < -0.39 is 0 Å². The maximum Gasteiger partial charge on any atom is 0.231 e. The number of benzene rings is 2. The van der Waals surface area contributed by atoms with Crippen molar-refractivity contribution < 1.29 is 13.9 Å². The second-order valence-electron chi connectivity index (χ2n) is 4.99. The van der Waals surface area contributed by atoms with E-state index in [1.54, 1.807) is 14.2 Å². The average Bonchev–Trinajstić information content (AvgIpc) is 2.89. The highest BCUT2D eigenvalue weighted by Gasteiger charge is 2.15. The molecule has 0 bridgehead atoms. The Bertz CT molecular complexity index is 766. The zero-order valence-electron chi connectivity index (χ0n) is 12.6. The van der Waals surface area contributed by atoms with Crippen molar-refractivity contribution in [1.29, 1.82) is 0 Å². The summed E-state index contributed by atoms with van der Waals surface area (Å²) in [6.45, 7) is 4.12. The first-order chi connectivity index (χ1) is 10.1. The minimum absolute atomic E-state index is 0.533. The van der Waals surface area contributed by atoms with Crippen LogP contribution in [0.5, 0.6) is 11.5 Å². The minimum atomic E-state index is 0.533. The van der Waals surface area contributed by atoms with Crippen molar-refractivity contribution in [3.8, 4) is 23.0 Å². The normalized spacial score (nSPS) is 10.9. The topological polar surface area (TPSA) is 44.5 Å². The van der Waals surface area contributed by atoms with E-state index in [-0.39, 0.29) is 0 Å². The summed E-state index contributed by atoms with van der Waals surface area (Å²) in [6, 6.07) is 9.60. The van der Waals surface area contributed by atoms with Crippen molar-refractivity contribution >= 4 is 11.1 Å². The Labute approximate surface area is 123 Å². The summed E-state index contributed by atoms with van der Waals surface area (Å²) < 4.78 is 16.5. The van der Waals surface area contributed by atoms with Gasteiger partial charge in [-0.15, -0.1) is 0 Å². The van der Waals surface area contributed by atoms with Crippen LogP contribution in [0.2, 0.25) is 0 Å². The highest BCUT2D eigenvalue weighted by Crippen LogP contribution is 2.35. The lowest BCUT2D eigenvalue weighted by Gasteiger charge is -2.07. The molecule has 1 aromatic heterocycles.